The Hall–Kier alpha value is -0.530. The molecule has 1 aliphatic rings. The summed E-state index contributed by atoms with van der Waals surface area (Å²) in [7, 11) is 0. The zero-order chi connectivity index (χ0) is 12.3. The molecular formula is C14H26O2. The van der Waals surface area contributed by atoms with Crippen LogP contribution in [0, 0.1) is 23.2 Å². The third kappa shape index (κ3) is 2.78. The van der Waals surface area contributed by atoms with Crippen molar-refractivity contribution in [3.63, 3.8) is 0 Å². The first-order valence-corrected chi connectivity index (χ1v) is 6.62. The molecule has 0 aromatic carbocycles. The van der Waals surface area contributed by atoms with E-state index in [1.54, 1.807) is 0 Å². The van der Waals surface area contributed by atoms with E-state index in [1.165, 1.54) is 12.8 Å². The van der Waals surface area contributed by atoms with E-state index in [1.807, 2.05) is 6.92 Å². The monoisotopic (exact) mass is 226 g/mol. The number of hydrogen-bond acceptors (Lipinski definition) is 1. The fourth-order valence-corrected chi connectivity index (χ4v) is 3.02. The van der Waals surface area contributed by atoms with Gasteiger partial charge in [-0.1, -0.05) is 27.7 Å². The number of aliphatic carboxylic acids is 1. The first kappa shape index (κ1) is 13.5. The molecule has 2 heteroatoms. The van der Waals surface area contributed by atoms with Crippen molar-refractivity contribution >= 4 is 5.97 Å². The molecule has 1 rings (SSSR count). The molecule has 94 valence electrons. The topological polar surface area (TPSA) is 37.3 Å². The fourth-order valence-electron chi connectivity index (χ4n) is 3.02. The summed E-state index contributed by atoms with van der Waals surface area (Å²) in [6.45, 7) is 8.99. The van der Waals surface area contributed by atoms with Crippen molar-refractivity contribution in [3.8, 4) is 0 Å². The number of carboxylic acids is 1. The van der Waals surface area contributed by atoms with Crippen LogP contribution in [0.25, 0.3) is 0 Å². The van der Waals surface area contributed by atoms with Gasteiger partial charge in [0.1, 0.15) is 0 Å². The van der Waals surface area contributed by atoms with Gasteiger partial charge in [0.05, 0.1) is 5.92 Å². The Bertz CT molecular complexity index is 245. The van der Waals surface area contributed by atoms with Crippen LogP contribution in [-0.2, 0) is 4.79 Å². The smallest absolute Gasteiger partial charge is 0.306 e. The zero-order valence-corrected chi connectivity index (χ0v) is 11.1. The molecule has 3 unspecified atom stereocenters. The SMILES string of the molecule is CCC(CCC1CCC(C)C1(C)C)C(=O)O. The number of carboxylic acid groups (broad SMARTS) is 1. The highest BCUT2D eigenvalue weighted by atomic mass is 16.4. The standard InChI is InChI=1S/C14H26O2/c1-5-11(13(15)16)7-9-12-8-6-10(2)14(12,3)4/h10-12H,5-9H2,1-4H3,(H,15,16). The van der Waals surface area contributed by atoms with Crippen LogP contribution in [0.5, 0.6) is 0 Å². The highest BCUT2D eigenvalue weighted by Gasteiger charge is 2.40. The second-order valence-corrected chi connectivity index (χ2v) is 6.02. The van der Waals surface area contributed by atoms with Gasteiger partial charge in [-0.15, -0.1) is 0 Å². The van der Waals surface area contributed by atoms with Crippen molar-refractivity contribution in [2.45, 2.75) is 59.8 Å². The second-order valence-electron chi connectivity index (χ2n) is 6.02. The minimum absolute atomic E-state index is 0.133. The molecule has 0 amide bonds. The molecule has 2 nitrogen and oxygen atoms in total. The van der Waals surface area contributed by atoms with E-state index in [0.717, 1.165) is 31.1 Å². The van der Waals surface area contributed by atoms with Gasteiger partial charge in [0.15, 0.2) is 0 Å². The molecule has 1 fully saturated rings. The first-order valence-electron chi connectivity index (χ1n) is 6.62. The fraction of sp³-hybridized carbons (Fsp3) is 0.929. The molecule has 0 aliphatic heterocycles. The summed E-state index contributed by atoms with van der Waals surface area (Å²) in [5, 5.41) is 9.03. The van der Waals surface area contributed by atoms with Crippen molar-refractivity contribution < 1.29 is 9.90 Å². The predicted molar refractivity (Wildman–Crippen MR) is 66.3 cm³/mol. The molecule has 0 bridgehead atoms. The maximum Gasteiger partial charge on any atom is 0.306 e. The number of rotatable bonds is 5. The summed E-state index contributed by atoms with van der Waals surface area (Å²) >= 11 is 0. The Balaban J connectivity index is 2.47. The minimum atomic E-state index is -0.619. The van der Waals surface area contributed by atoms with Crippen LogP contribution in [-0.4, -0.2) is 11.1 Å². The normalized spacial score (nSPS) is 30.2. The molecule has 0 aromatic heterocycles. The second kappa shape index (κ2) is 5.20. The lowest BCUT2D eigenvalue weighted by Gasteiger charge is -2.31. The molecule has 0 aromatic rings. The average molecular weight is 226 g/mol. The van der Waals surface area contributed by atoms with Crippen LogP contribution in [0.3, 0.4) is 0 Å². The van der Waals surface area contributed by atoms with Gasteiger partial charge in [-0.25, -0.2) is 0 Å². The Morgan fingerprint density at radius 3 is 2.44 bits per heavy atom. The molecule has 1 saturated carbocycles. The van der Waals surface area contributed by atoms with Crippen molar-refractivity contribution in [2.75, 3.05) is 0 Å². The third-order valence-corrected chi connectivity index (χ3v) is 4.98. The van der Waals surface area contributed by atoms with Gasteiger partial charge in [-0.2, -0.15) is 0 Å². The summed E-state index contributed by atoms with van der Waals surface area (Å²) in [6, 6.07) is 0. The lowest BCUT2D eigenvalue weighted by Crippen LogP contribution is -2.24. The van der Waals surface area contributed by atoms with Crippen molar-refractivity contribution in [1.29, 1.82) is 0 Å². The van der Waals surface area contributed by atoms with Crippen LogP contribution in [0.1, 0.15) is 59.8 Å². The quantitative estimate of drug-likeness (QED) is 0.770. The molecule has 0 radical (unpaired) electrons. The Labute approximate surface area is 99.4 Å². The van der Waals surface area contributed by atoms with E-state index in [0.29, 0.717) is 5.41 Å². The Kier molecular flexibility index (Phi) is 4.40. The lowest BCUT2D eigenvalue weighted by molar-refractivity contribution is -0.142. The maximum atomic E-state index is 11.0. The maximum absolute atomic E-state index is 11.0. The third-order valence-electron chi connectivity index (χ3n) is 4.98. The van der Waals surface area contributed by atoms with Gasteiger partial charge in [0.2, 0.25) is 0 Å². The molecule has 0 heterocycles. The highest BCUT2D eigenvalue weighted by Crippen LogP contribution is 2.49. The lowest BCUT2D eigenvalue weighted by atomic mass is 9.74. The molecule has 1 aliphatic carbocycles. The molecule has 1 N–H and O–H groups in total. The van der Waals surface area contributed by atoms with E-state index in [9.17, 15) is 4.79 Å². The summed E-state index contributed by atoms with van der Waals surface area (Å²) in [4.78, 5) is 11.0. The molecular weight excluding hydrogens is 200 g/mol. The van der Waals surface area contributed by atoms with Gasteiger partial charge in [-0.05, 0) is 49.4 Å². The van der Waals surface area contributed by atoms with Crippen LogP contribution in [0.4, 0.5) is 0 Å². The van der Waals surface area contributed by atoms with E-state index in [4.69, 9.17) is 5.11 Å². The average Bonchev–Trinajstić information content (AvgIpc) is 2.44. The van der Waals surface area contributed by atoms with Crippen molar-refractivity contribution in [2.24, 2.45) is 23.2 Å². The summed E-state index contributed by atoms with van der Waals surface area (Å²) in [5.41, 5.74) is 0.400. The van der Waals surface area contributed by atoms with Gasteiger partial charge >= 0.3 is 5.97 Å². The van der Waals surface area contributed by atoms with Gasteiger partial charge < -0.3 is 5.11 Å². The van der Waals surface area contributed by atoms with E-state index < -0.39 is 5.97 Å². The van der Waals surface area contributed by atoms with Crippen LogP contribution in [0.15, 0.2) is 0 Å². The number of carbonyl (C=O) groups is 1. The predicted octanol–water partition coefficient (Wildman–Crippen LogP) is 3.95. The van der Waals surface area contributed by atoms with Gasteiger partial charge in [0.25, 0.3) is 0 Å². The van der Waals surface area contributed by atoms with Crippen LogP contribution < -0.4 is 0 Å². The number of hydrogen-bond donors (Lipinski definition) is 1. The van der Waals surface area contributed by atoms with Gasteiger partial charge in [0, 0.05) is 0 Å². The Morgan fingerprint density at radius 2 is 2.06 bits per heavy atom. The van der Waals surface area contributed by atoms with Crippen molar-refractivity contribution in [1.82, 2.24) is 0 Å². The molecule has 16 heavy (non-hydrogen) atoms. The molecule has 0 saturated heterocycles. The first-order chi connectivity index (χ1) is 7.39. The van der Waals surface area contributed by atoms with E-state index >= 15 is 0 Å². The minimum Gasteiger partial charge on any atom is -0.481 e. The van der Waals surface area contributed by atoms with E-state index in [-0.39, 0.29) is 5.92 Å². The summed E-state index contributed by atoms with van der Waals surface area (Å²) in [5.74, 6) is 0.747. The summed E-state index contributed by atoms with van der Waals surface area (Å²) in [6.07, 6.45) is 5.29. The Morgan fingerprint density at radius 1 is 1.44 bits per heavy atom. The van der Waals surface area contributed by atoms with Crippen LogP contribution in [0.2, 0.25) is 0 Å². The molecule has 3 atom stereocenters. The largest absolute Gasteiger partial charge is 0.481 e. The van der Waals surface area contributed by atoms with Crippen LogP contribution >= 0.6 is 0 Å². The highest BCUT2D eigenvalue weighted by molar-refractivity contribution is 5.69. The van der Waals surface area contributed by atoms with Crippen molar-refractivity contribution in [3.05, 3.63) is 0 Å². The zero-order valence-electron chi connectivity index (χ0n) is 11.1. The van der Waals surface area contributed by atoms with Gasteiger partial charge in [-0.3, -0.25) is 4.79 Å². The summed E-state index contributed by atoms with van der Waals surface area (Å²) < 4.78 is 0. The van der Waals surface area contributed by atoms with E-state index in [2.05, 4.69) is 20.8 Å². The molecule has 0 spiro atoms.